The summed E-state index contributed by atoms with van der Waals surface area (Å²) in [7, 11) is 0. The van der Waals surface area contributed by atoms with Crippen LogP contribution in [0.4, 0.5) is 5.69 Å². The number of nitrogens with one attached hydrogen (secondary N) is 3. The van der Waals surface area contributed by atoms with Crippen molar-refractivity contribution in [3.63, 3.8) is 0 Å². The Labute approximate surface area is 122 Å². The highest BCUT2D eigenvalue weighted by Crippen LogP contribution is 2.28. The van der Waals surface area contributed by atoms with Gasteiger partial charge in [0, 0.05) is 18.7 Å². The molecule has 110 valence electrons. The van der Waals surface area contributed by atoms with E-state index in [2.05, 4.69) is 22.0 Å². The highest BCUT2D eigenvalue weighted by atomic mass is 16.5. The Balaban J connectivity index is 1.66. The third kappa shape index (κ3) is 3.22. The summed E-state index contributed by atoms with van der Waals surface area (Å²) in [4.78, 5) is 23.4. The average molecular weight is 287 g/mol. The van der Waals surface area contributed by atoms with Gasteiger partial charge in [-0.25, -0.2) is 0 Å². The van der Waals surface area contributed by atoms with Gasteiger partial charge in [0.15, 0.2) is 6.61 Å². The van der Waals surface area contributed by atoms with E-state index in [9.17, 15) is 9.59 Å². The van der Waals surface area contributed by atoms with Crippen molar-refractivity contribution in [2.24, 2.45) is 0 Å². The fourth-order valence-corrected chi connectivity index (χ4v) is 2.35. The Hall–Kier alpha value is -2.34. The number of anilines is 1. The van der Waals surface area contributed by atoms with E-state index in [0.29, 0.717) is 23.5 Å². The fraction of sp³-hybridized carbons (Fsp3) is 0.333. The molecular formula is C15H17N3O3. The van der Waals surface area contributed by atoms with Crippen LogP contribution in [0.25, 0.3) is 0 Å². The number of carbonyl (C=O) groups excluding carboxylic acids is 2. The van der Waals surface area contributed by atoms with Crippen molar-refractivity contribution in [1.82, 2.24) is 10.6 Å². The van der Waals surface area contributed by atoms with Crippen molar-refractivity contribution in [3.05, 3.63) is 35.4 Å². The van der Waals surface area contributed by atoms with Crippen LogP contribution >= 0.6 is 0 Å². The number of hydrogen-bond donors (Lipinski definition) is 3. The maximum absolute atomic E-state index is 12.1. The molecule has 0 atom stereocenters. The smallest absolute Gasteiger partial charge is 0.262 e. The summed E-state index contributed by atoms with van der Waals surface area (Å²) >= 11 is 0. The topological polar surface area (TPSA) is 79.5 Å². The van der Waals surface area contributed by atoms with E-state index < -0.39 is 0 Å². The Morgan fingerprint density at radius 3 is 3.10 bits per heavy atom. The minimum Gasteiger partial charge on any atom is -0.482 e. The molecule has 0 radical (unpaired) electrons. The standard InChI is InChI=1S/C15H17N3O3/c19-14-9-21-13-2-1-11(7-12(13)18-14)15(20)17-8-10-3-5-16-6-4-10/h1-3,7,16H,4-6,8-9H2,(H,17,20)(H,18,19). The van der Waals surface area contributed by atoms with E-state index in [-0.39, 0.29) is 18.4 Å². The van der Waals surface area contributed by atoms with Gasteiger partial charge in [0.1, 0.15) is 5.75 Å². The van der Waals surface area contributed by atoms with Crippen LogP contribution in [0.5, 0.6) is 5.75 Å². The van der Waals surface area contributed by atoms with Gasteiger partial charge in [-0.2, -0.15) is 0 Å². The highest BCUT2D eigenvalue weighted by molar-refractivity contribution is 5.99. The number of fused-ring (bicyclic) bond motifs is 1. The molecule has 3 rings (SSSR count). The molecule has 0 spiro atoms. The molecule has 21 heavy (non-hydrogen) atoms. The lowest BCUT2D eigenvalue weighted by Gasteiger charge is -2.18. The summed E-state index contributed by atoms with van der Waals surface area (Å²) in [6.07, 6.45) is 3.05. The van der Waals surface area contributed by atoms with Gasteiger partial charge in [-0.15, -0.1) is 0 Å². The molecule has 0 saturated heterocycles. The lowest BCUT2D eigenvalue weighted by molar-refractivity contribution is -0.118. The van der Waals surface area contributed by atoms with E-state index in [1.165, 1.54) is 5.57 Å². The molecule has 0 unspecified atom stereocenters. The molecule has 0 aromatic heterocycles. The molecule has 2 aliphatic heterocycles. The second-order valence-corrected chi connectivity index (χ2v) is 5.05. The first kappa shape index (κ1) is 13.6. The molecule has 6 nitrogen and oxygen atoms in total. The first-order valence-corrected chi connectivity index (χ1v) is 6.96. The van der Waals surface area contributed by atoms with Crippen molar-refractivity contribution in [2.75, 3.05) is 31.6 Å². The quantitative estimate of drug-likeness (QED) is 0.714. The second-order valence-electron chi connectivity index (χ2n) is 5.05. The summed E-state index contributed by atoms with van der Waals surface area (Å²) < 4.78 is 5.27. The van der Waals surface area contributed by atoms with Gasteiger partial charge in [-0.05, 0) is 31.2 Å². The molecule has 1 aromatic rings. The van der Waals surface area contributed by atoms with Gasteiger partial charge < -0.3 is 20.7 Å². The van der Waals surface area contributed by atoms with Gasteiger partial charge in [-0.3, -0.25) is 9.59 Å². The molecule has 0 bridgehead atoms. The molecule has 0 fully saturated rings. The first-order valence-electron chi connectivity index (χ1n) is 6.96. The normalized spacial score (nSPS) is 17.1. The van der Waals surface area contributed by atoms with Crippen molar-refractivity contribution < 1.29 is 14.3 Å². The predicted molar refractivity (Wildman–Crippen MR) is 78.5 cm³/mol. The number of ether oxygens (including phenoxy) is 1. The second kappa shape index (κ2) is 5.97. The maximum atomic E-state index is 12.1. The van der Waals surface area contributed by atoms with Crippen LogP contribution in [0.1, 0.15) is 16.8 Å². The number of rotatable bonds is 3. The van der Waals surface area contributed by atoms with Crippen LogP contribution in [-0.2, 0) is 4.79 Å². The summed E-state index contributed by atoms with van der Waals surface area (Å²) in [6, 6.07) is 5.04. The monoisotopic (exact) mass is 287 g/mol. The van der Waals surface area contributed by atoms with Crippen molar-refractivity contribution in [3.8, 4) is 5.75 Å². The summed E-state index contributed by atoms with van der Waals surface area (Å²) in [5, 5.41) is 8.82. The van der Waals surface area contributed by atoms with Crippen LogP contribution < -0.4 is 20.7 Å². The van der Waals surface area contributed by atoms with Gasteiger partial charge in [0.25, 0.3) is 11.8 Å². The van der Waals surface area contributed by atoms with Crippen LogP contribution in [0, 0.1) is 0 Å². The number of benzene rings is 1. The Morgan fingerprint density at radius 1 is 1.38 bits per heavy atom. The number of carbonyl (C=O) groups is 2. The zero-order chi connectivity index (χ0) is 14.7. The summed E-state index contributed by atoms with van der Waals surface area (Å²) in [5.74, 6) is 0.226. The van der Waals surface area contributed by atoms with Crippen LogP contribution in [0.3, 0.4) is 0 Å². The minimum atomic E-state index is -0.208. The largest absolute Gasteiger partial charge is 0.482 e. The van der Waals surface area contributed by atoms with E-state index in [4.69, 9.17) is 4.74 Å². The van der Waals surface area contributed by atoms with E-state index >= 15 is 0 Å². The first-order chi connectivity index (χ1) is 10.2. The molecule has 2 aliphatic rings. The zero-order valence-corrected chi connectivity index (χ0v) is 11.6. The molecule has 1 aromatic carbocycles. The Kier molecular flexibility index (Phi) is 3.87. The zero-order valence-electron chi connectivity index (χ0n) is 11.6. The fourth-order valence-electron chi connectivity index (χ4n) is 2.35. The highest BCUT2D eigenvalue weighted by Gasteiger charge is 2.17. The number of hydrogen-bond acceptors (Lipinski definition) is 4. The Morgan fingerprint density at radius 2 is 2.29 bits per heavy atom. The van der Waals surface area contributed by atoms with Crippen LogP contribution in [0.2, 0.25) is 0 Å². The van der Waals surface area contributed by atoms with Crippen LogP contribution in [0.15, 0.2) is 29.8 Å². The molecule has 2 amide bonds. The maximum Gasteiger partial charge on any atom is 0.262 e. The molecule has 3 N–H and O–H groups in total. The summed E-state index contributed by atoms with van der Waals surface area (Å²) in [6.45, 7) is 2.37. The third-order valence-corrected chi connectivity index (χ3v) is 3.51. The Bertz CT molecular complexity index is 610. The van der Waals surface area contributed by atoms with Crippen molar-refractivity contribution >= 4 is 17.5 Å². The van der Waals surface area contributed by atoms with Crippen molar-refractivity contribution in [1.29, 1.82) is 0 Å². The van der Waals surface area contributed by atoms with E-state index in [1.807, 2.05) is 0 Å². The number of amides is 2. The van der Waals surface area contributed by atoms with Crippen molar-refractivity contribution in [2.45, 2.75) is 6.42 Å². The van der Waals surface area contributed by atoms with Gasteiger partial charge in [-0.1, -0.05) is 11.6 Å². The van der Waals surface area contributed by atoms with Crippen LogP contribution in [-0.4, -0.2) is 38.1 Å². The SMILES string of the molecule is O=C1COc2ccc(C(=O)NCC3=CCNCC3)cc2N1. The lowest BCUT2D eigenvalue weighted by Crippen LogP contribution is -2.30. The molecule has 0 saturated carbocycles. The molecule has 0 aliphatic carbocycles. The lowest BCUT2D eigenvalue weighted by atomic mass is 10.1. The van der Waals surface area contributed by atoms with Gasteiger partial charge >= 0.3 is 0 Å². The predicted octanol–water partition coefficient (Wildman–Crippen LogP) is 0.667. The molecule has 6 heteroatoms. The van der Waals surface area contributed by atoms with Gasteiger partial charge in [0.2, 0.25) is 0 Å². The minimum absolute atomic E-state index is 0.0146. The summed E-state index contributed by atoms with van der Waals surface area (Å²) in [5.41, 5.74) is 2.28. The average Bonchev–Trinajstić information content (AvgIpc) is 2.53. The molecule has 2 heterocycles. The third-order valence-electron chi connectivity index (χ3n) is 3.51. The van der Waals surface area contributed by atoms with E-state index in [0.717, 1.165) is 19.5 Å². The van der Waals surface area contributed by atoms with Gasteiger partial charge in [0.05, 0.1) is 5.69 Å². The van der Waals surface area contributed by atoms with E-state index in [1.54, 1.807) is 18.2 Å². The molecular weight excluding hydrogens is 270 g/mol.